The average molecular weight is 324 g/mol. The van der Waals surface area contributed by atoms with Crippen molar-refractivity contribution in [3.05, 3.63) is 48.3 Å². The summed E-state index contributed by atoms with van der Waals surface area (Å²) in [4.78, 5) is 17.2. The molecule has 0 saturated carbocycles. The average Bonchev–Trinajstić information content (AvgIpc) is 3.27. The summed E-state index contributed by atoms with van der Waals surface area (Å²) in [5.41, 5.74) is 2.41. The monoisotopic (exact) mass is 324 g/mol. The fourth-order valence-electron chi connectivity index (χ4n) is 3.99. The highest BCUT2D eigenvalue weighted by molar-refractivity contribution is 5.96. The normalized spacial score (nSPS) is 21.0. The molecule has 5 nitrogen and oxygen atoms in total. The number of anilines is 1. The molecule has 4 rings (SSSR count). The minimum absolute atomic E-state index is 0.231. The van der Waals surface area contributed by atoms with Crippen molar-refractivity contribution in [3.63, 3.8) is 0 Å². The van der Waals surface area contributed by atoms with Gasteiger partial charge in [-0.2, -0.15) is 5.10 Å². The Morgan fingerprint density at radius 3 is 2.96 bits per heavy atom. The first-order valence-electron chi connectivity index (χ1n) is 8.91. The number of benzene rings is 1. The molecule has 1 amide bonds. The third-order valence-electron chi connectivity index (χ3n) is 5.21. The van der Waals surface area contributed by atoms with E-state index in [9.17, 15) is 4.79 Å². The molecular weight excluding hydrogens is 300 g/mol. The maximum atomic E-state index is 12.9. The van der Waals surface area contributed by atoms with Gasteiger partial charge in [-0.1, -0.05) is 18.2 Å². The Morgan fingerprint density at radius 2 is 2.08 bits per heavy atom. The highest BCUT2D eigenvalue weighted by Crippen LogP contribution is 2.27. The molecule has 3 heterocycles. The number of para-hydroxylation sites is 1. The van der Waals surface area contributed by atoms with Gasteiger partial charge in [-0.05, 0) is 49.9 Å². The van der Waals surface area contributed by atoms with E-state index >= 15 is 0 Å². The number of carbonyl (C=O) groups is 1. The van der Waals surface area contributed by atoms with Gasteiger partial charge in [-0.25, -0.2) is 0 Å². The highest BCUT2D eigenvalue weighted by Gasteiger charge is 2.30. The van der Waals surface area contributed by atoms with Crippen molar-refractivity contribution >= 4 is 11.6 Å². The Labute approximate surface area is 142 Å². The third kappa shape index (κ3) is 3.08. The van der Waals surface area contributed by atoms with Crippen LogP contribution in [0.25, 0.3) is 0 Å². The van der Waals surface area contributed by atoms with Crippen LogP contribution in [0.5, 0.6) is 0 Å². The number of aromatic nitrogens is 2. The fraction of sp³-hybridized carbons (Fsp3) is 0.474. The van der Waals surface area contributed by atoms with Gasteiger partial charge in [-0.3, -0.25) is 14.4 Å². The molecule has 126 valence electrons. The van der Waals surface area contributed by atoms with Gasteiger partial charge in [0.05, 0.1) is 13.1 Å². The minimum atomic E-state index is 0.231. The molecule has 1 saturated heterocycles. The molecule has 1 fully saturated rings. The van der Waals surface area contributed by atoms with Gasteiger partial charge < -0.3 is 4.90 Å². The first-order chi connectivity index (χ1) is 11.8. The molecule has 0 aliphatic carbocycles. The van der Waals surface area contributed by atoms with Crippen LogP contribution < -0.4 is 4.90 Å². The summed E-state index contributed by atoms with van der Waals surface area (Å²) in [5.74, 6) is 0.231. The number of nitrogens with zero attached hydrogens (tertiary/aromatic N) is 4. The number of hydrogen-bond acceptors (Lipinski definition) is 3. The van der Waals surface area contributed by atoms with Crippen LogP contribution in [0.3, 0.4) is 0 Å². The standard InChI is InChI=1S/C19H24N4O/c24-19(23-13-3-7-16-6-1-2-9-18(16)23)15-21-11-4-8-17(21)14-22-12-5-10-20-22/h1-2,5-6,9-10,12,17H,3-4,7-8,11,13-15H2/t17-/m1/s1. The Morgan fingerprint density at radius 1 is 1.17 bits per heavy atom. The smallest absolute Gasteiger partial charge is 0.241 e. The van der Waals surface area contributed by atoms with Crippen LogP contribution in [0.4, 0.5) is 5.69 Å². The van der Waals surface area contributed by atoms with Crippen LogP contribution in [-0.4, -0.2) is 46.3 Å². The topological polar surface area (TPSA) is 41.4 Å². The SMILES string of the molecule is O=C(CN1CCC[C@@H]1Cn1cccn1)N1CCCc2ccccc21. The molecule has 24 heavy (non-hydrogen) atoms. The van der Waals surface area contributed by atoms with Gasteiger partial charge in [0.25, 0.3) is 0 Å². The molecule has 2 aliphatic rings. The van der Waals surface area contributed by atoms with Gasteiger partial charge in [0.15, 0.2) is 0 Å². The van der Waals surface area contributed by atoms with E-state index in [1.54, 1.807) is 0 Å². The van der Waals surface area contributed by atoms with E-state index in [0.29, 0.717) is 12.6 Å². The van der Waals surface area contributed by atoms with Crippen LogP contribution in [0.2, 0.25) is 0 Å². The van der Waals surface area contributed by atoms with Crippen LogP contribution >= 0.6 is 0 Å². The molecule has 0 bridgehead atoms. The lowest BCUT2D eigenvalue weighted by atomic mass is 10.0. The summed E-state index contributed by atoms with van der Waals surface area (Å²) in [6.45, 7) is 3.23. The number of likely N-dealkylation sites (tertiary alicyclic amines) is 1. The van der Waals surface area contributed by atoms with E-state index in [1.807, 2.05) is 34.1 Å². The lowest BCUT2D eigenvalue weighted by Crippen LogP contribution is -2.45. The van der Waals surface area contributed by atoms with Crippen LogP contribution in [-0.2, 0) is 17.8 Å². The molecule has 1 aromatic carbocycles. The summed E-state index contributed by atoms with van der Waals surface area (Å²) in [6, 6.07) is 10.7. The van der Waals surface area contributed by atoms with Crippen molar-refractivity contribution in [2.75, 3.05) is 24.5 Å². The lowest BCUT2D eigenvalue weighted by molar-refractivity contribution is -0.120. The number of aryl methyl sites for hydroxylation is 1. The Balaban J connectivity index is 1.44. The largest absolute Gasteiger partial charge is 0.311 e. The van der Waals surface area contributed by atoms with Gasteiger partial charge in [-0.15, -0.1) is 0 Å². The zero-order valence-electron chi connectivity index (χ0n) is 14.0. The predicted octanol–water partition coefficient (Wildman–Crippen LogP) is 2.33. The second-order valence-electron chi connectivity index (χ2n) is 6.77. The summed E-state index contributed by atoms with van der Waals surface area (Å²) in [7, 11) is 0. The molecule has 0 spiro atoms. The quantitative estimate of drug-likeness (QED) is 0.867. The zero-order chi connectivity index (χ0) is 16.4. The van der Waals surface area contributed by atoms with Crippen molar-refractivity contribution in [3.8, 4) is 0 Å². The van der Waals surface area contributed by atoms with Crippen molar-refractivity contribution in [1.82, 2.24) is 14.7 Å². The van der Waals surface area contributed by atoms with Crippen molar-refractivity contribution in [1.29, 1.82) is 0 Å². The summed E-state index contributed by atoms with van der Waals surface area (Å²) in [6.07, 6.45) is 8.25. The Bertz CT molecular complexity index is 697. The lowest BCUT2D eigenvalue weighted by Gasteiger charge is -2.32. The predicted molar refractivity (Wildman–Crippen MR) is 93.9 cm³/mol. The van der Waals surface area contributed by atoms with Gasteiger partial charge in [0.2, 0.25) is 5.91 Å². The Kier molecular flexibility index (Phi) is 4.34. The summed E-state index contributed by atoms with van der Waals surface area (Å²) in [5, 5.41) is 4.31. The van der Waals surface area contributed by atoms with Crippen molar-refractivity contribution < 1.29 is 4.79 Å². The second kappa shape index (κ2) is 6.77. The second-order valence-corrected chi connectivity index (χ2v) is 6.77. The third-order valence-corrected chi connectivity index (χ3v) is 5.21. The van der Waals surface area contributed by atoms with Crippen molar-refractivity contribution in [2.24, 2.45) is 0 Å². The summed E-state index contributed by atoms with van der Waals surface area (Å²) < 4.78 is 1.98. The number of amides is 1. The van der Waals surface area contributed by atoms with Gasteiger partial charge in [0, 0.05) is 30.7 Å². The van der Waals surface area contributed by atoms with E-state index in [-0.39, 0.29) is 5.91 Å². The molecule has 0 N–H and O–H groups in total. The van der Waals surface area contributed by atoms with E-state index in [0.717, 1.165) is 51.0 Å². The first kappa shape index (κ1) is 15.4. The maximum absolute atomic E-state index is 12.9. The maximum Gasteiger partial charge on any atom is 0.241 e. The minimum Gasteiger partial charge on any atom is -0.311 e. The molecule has 1 aromatic heterocycles. The number of fused-ring (bicyclic) bond motifs is 1. The molecular formula is C19H24N4O. The van der Waals surface area contributed by atoms with E-state index in [2.05, 4.69) is 28.2 Å². The van der Waals surface area contributed by atoms with Crippen LogP contribution in [0.1, 0.15) is 24.8 Å². The van der Waals surface area contributed by atoms with E-state index < -0.39 is 0 Å². The van der Waals surface area contributed by atoms with Gasteiger partial charge >= 0.3 is 0 Å². The first-order valence-corrected chi connectivity index (χ1v) is 8.91. The zero-order valence-corrected chi connectivity index (χ0v) is 14.0. The molecule has 0 radical (unpaired) electrons. The highest BCUT2D eigenvalue weighted by atomic mass is 16.2. The summed E-state index contributed by atoms with van der Waals surface area (Å²) >= 11 is 0. The number of rotatable bonds is 4. The van der Waals surface area contributed by atoms with E-state index in [4.69, 9.17) is 0 Å². The molecule has 5 heteroatoms. The number of carbonyl (C=O) groups excluding carboxylic acids is 1. The molecule has 2 aliphatic heterocycles. The molecule has 2 aromatic rings. The molecule has 0 unspecified atom stereocenters. The van der Waals surface area contributed by atoms with E-state index in [1.165, 1.54) is 5.56 Å². The Hall–Kier alpha value is -2.14. The van der Waals surface area contributed by atoms with Crippen molar-refractivity contribution in [2.45, 2.75) is 38.3 Å². The number of hydrogen-bond donors (Lipinski definition) is 0. The van der Waals surface area contributed by atoms with Crippen LogP contribution in [0, 0.1) is 0 Å². The van der Waals surface area contributed by atoms with Crippen LogP contribution in [0.15, 0.2) is 42.7 Å². The molecule has 1 atom stereocenters. The van der Waals surface area contributed by atoms with Gasteiger partial charge in [0.1, 0.15) is 0 Å². The fourth-order valence-corrected chi connectivity index (χ4v) is 3.99.